The molecule has 8 N–H and O–H groups in total. The predicted octanol–water partition coefficient (Wildman–Crippen LogP) is 4.42. The molecular formula is C48H70N8O11S. The fraction of sp³-hybridized carbons (Fsp3) is 0.750. The molecule has 6 aliphatic rings. The van der Waals surface area contributed by atoms with Gasteiger partial charge in [0.25, 0.3) is 0 Å². The number of aromatic nitrogens is 4. The van der Waals surface area contributed by atoms with Crippen LogP contribution in [-0.4, -0.2) is 149 Å². The van der Waals surface area contributed by atoms with Crippen LogP contribution in [0.2, 0.25) is 0 Å². The molecule has 5 fully saturated rings. The van der Waals surface area contributed by atoms with Crippen molar-refractivity contribution in [3.05, 3.63) is 24.3 Å². The normalized spacial score (nSPS) is 36.1. The second-order valence-corrected chi connectivity index (χ2v) is 21.5. The molecule has 20 heteroatoms. The number of amides is 1. The fourth-order valence-electron chi connectivity index (χ4n) is 12.7. The number of carboxylic acids is 1. The quantitative estimate of drug-likeness (QED) is 0.0549. The summed E-state index contributed by atoms with van der Waals surface area (Å²) in [6.07, 6.45) is 14.5. The van der Waals surface area contributed by atoms with Gasteiger partial charge < -0.3 is 50.8 Å². The third-order valence-corrected chi connectivity index (χ3v) is 17.8. The van der Waals surface area contributed by atoms with Crippen molar-refractivity contribution in [3.8, 4) is 0 Å². The number of esters is 1. The molecule has 8 rings (SSSR count). The number of imidazole rings is 1. The number of aliphatic hydroxyl groups is 4. The number of carboxylic acid groups (broad SMARTS) is 1. The molecule has 14 atom stereocenters. The van der Waals surface area contributed by atoms with Gasteiger partial charge in [0.1, 0.15) is 37.3 Å². The van der Waals surface area contributed by atoms with Crippen molar-refractivity contribution < 1.29 is 54.1 Å². The topological polar surface area (TPSA) is 286 Å². The van der Waals surface area contributed by atoms with Crippen molar-refractivity contribution in [3.63, 3.8) is 0 Å². The van der Waals surface area contributed by atoms with E-state index in [2.05, 4.69) is 37.2 Å². The van der Waals surface area contributed by atoms with Gasteiger partial charge in [0.15, 0.2) is 23.2 Å². The highest BCUT2D eigenvalue weighted by atomic mass is 32.2. The zero-order chi connectivity index (χ0) is 48.2. The van der Waals surface area contributed by atoms with Crippen LogP contribution in [0.4, 0.5) is 10.6 Å². The van der Waals surface area contributed by atoms with Crippen LogP contribution in [-0.2, 0) is 23.8 Å². The minimum atomic E-state index is -1.23. The minimum absolute atomic E-state index is 0.0550. The maximum absolute atomic E-state index is 12.8. The number of ether oxygens (including phenoxy) is 3. The number of nitrogens with zero attached hydrogens (tertiary/aromatic N) is 6. The van der Waals surface area contributed by atoms with Crippen molar-refractivity contribution in [2.24, 2.45) is 50.2 Å². The number of aliphatic carboxylic acids is 1. The summed E-state index contributed by atoms with van der Waals surface area (Å²) in [5.41, 5.74) is 5.52. The Balaban J connectivity index is 0.687. The molecular weight excluding hydrogens is 897 g/mol. The van der Waals surface area contributed by atoms with Crippen LogP contribution >= 0.6 is 11.8 Å². The van der Waals surface area contributed by atoms with Crippen molar-refractivity contribution in [1.29, 1.82) is 0 Å². The van der Waals surface area contributed by atoms with Gasteiger partial charge in [0.2, 0.25) is 0 Å². The number of hydrogen-bond donors (Lipinski definition) is 7. The Labute approximate surface area is 401 Å². The van der Waals surface area contributed by atoms with Gasteiger partial charge in [-0.05, 0) is 143 Å². The number of nitrogens with one attached hydrogen (secondary N) is 1. The largest absolute Gasteiger partial charge is 0.480 e. The second-order valence-electron chi connectivity index (χ2n) is 20.4. The number of cyclic esters (lactones) is 1. The molecule has 4 saturated carbocycles. The number of carbonyl (C=O) groups is 3. The molecule has 19 nitrogen and oxygen atoms in total. The highest BCUT2D eigenvalue weighted by molar-refractivity contribution is 7.99. The fourth-order valence-corrected chi connectivity index (χ4v) is 13.8. The summed E-state index contributed by atoms with van der Waals surface area (Å²) >= 11 is 1.39. The van der Waals surface area contributed by atoms with Crippen molar-refractivity contribution >= 4 is 59.2 Å². The standard InChI is InChI=1S/C48H70N8O11S/c1-46-14-11-30(22-29(46)9-10-32-33(46)23-36(57)47(2)31(12-15-48(32,47)64)28-21-37(58)65-24-28)66-45(63)52-19-8-4-6-17-50-16-5-3-7-18-51-41-38-42(54-26-53-41)56(27-55-38)43-40(60)39(59)35(67-43)25-68-20-13-34(49)44(61)62/h16,18,21,26-27,29-36,39-40,43,57,59-60,64H,3-15,17,19-20,22-25,49H2,1-2H3,(H,52,63)(H,61,62)/b50-16+,51-18+/t29-,30-,31-,32?,33+,34+,35-,36-,39-,40-,43?,46+,47+,48+/m1/s1. The monoisotopic (exact) mass is 966 g/mol. The third kappa shape index (κ3) is 10.1. The molecule has 2 aromatic rings. The molecule has 2 aliphatic heterocycles. The van der Waals surface area contributed by atoms with E-state index in [1.165, 1.54) is 24.4 Å². The first-order valence-electron chi connectivity index (χ1n) is 24.6. The average Bonchev–Trinajstić information content (AvgIpc) is 4.08. The highest BCUT2D eigenvalue weighted by Crippen LogP contribution is 2.70. The van der Waals surface area contributed by atoms with E-state index in [0.717, 1.165) is 76.2 Å². The minimum Gasteiger partial charge on any atom is -0.480 e. The van der Waals surface area contributed by atoms with Gasteiger partial charge in [-0.25, -0.2) is 29.5 Å². The number of rotatable bonds is 20. The molecule has 68 heavy (non-hydrogen) atoms. The molecule has 2 aromatic heterocycles. The Kier molecular flexibility index (Phi) is 15.9. The van der Waals surface area contributed by atoms with Crippen LogP contribution in [0.25, 0.3) is 11.2 Å². The molecule has 2 unspecified atom stereocenters. The summed E-state index contributed by atoms with van der Waals surface area (Å²) in [4.78, 5) is 57.8. The maximum atomic E-state index is 12.8. The van der Waals surface area contributed by atoms with Crippen LogP contribution in [0.3, 0.4) is 0 Å². The Morgan fingerprint density at radius 3 is 2.65 bits per heavy atom. The van der Waals surface area contributed by atoms with Gasteiger partial charge in [0.05, 0.1) is 24.1 Å². The summed E-state index contributed by atoms with van der Waals surface area (Å²) in [5, 5.41) is 57.7. The Bertz CT molecular complexity index is 2210. The Hall–Kier alpha value is -4.05. The molecule has 0 aromatic carbocycles. The molecule has 4 aliphatic carbocycles. The summed E-state index contributed by atoms with van der Waals surface area (Å²) in [6, 6.07) is -0.956. The van der Waals surface area contributed by atoms with Gasteiger partial charge in [-0.3, -0.25) is 14.4 Å². The Morgan fingerprint density at radius 1 is 1.03 bits per heavy atom. The summed E-state index contributed by atoms with van der Waals surface area (Å²) in [5.74, 6) is 0.327. The van der Waals surface area contributed by atoms with Gasteiger partial charge in [-0.2, -0.15) is 11.8 Å². The Morgan fingerprint density at radius 2 is 1.85 bits per heavy atom. The highest BCUT2D eigenvalue weighted by Gasteiger charge is 2.71. The van der Waals surface area contributed by atoms with E-state index in [1.807, 2.05) is 13.1 Å². The lowest BCUT2D eigenvalue weighted by Gasteiger charge is -2.65. The van der Waals surface area contributed by atoms with Crippen molar-refractivity contribution in [1.82, 2.24) is 24.8 Å². The number of aliphatic hydroxyl groups excluding tert-OH is 3. The first kappa shape index (κ1) is 50.3. The lowest BCUT2D eigenvalue weighted by molar-refractivity contribution is -0.244. The van der Waals surface area contributed by atoms with Crippen molar-refractivity contribution in [2.75, 3.05) is 31.2 Å². The van der Waals surface area contributed by atoms with E-state index in [1.54, 1.807) is 16.9 Å². The van der Waals surface area contributed by atoms with Crippen molar-refractivity contribution in [2.45, 2.75) is 159 Å². The zero-order valence-corrected chi connectivity index (χ0v) is 40.1. The van der Waals surface area contributed by atoms with Crippen LogP contribution in [0.1, 0.15) is 116 Å². The molecule has 4 heterocycles. The zero-order valence-electron chi connectivity index (χ0n) is 39.2. The SMILES string of the molecule is C[C@]12CC[C@@H](OC(=O)NCCCCC/N=C/CCC/C=N/c3ncnc4c3ncn4C3O[C@H](CSCC[C@H](N)C(=O)O)[C@@H](O)[C@H]3O)C[C@H]1CCC1[C@@H]2C[C@@H](O)[C@]2(C)[C@@H](C3=CC(=O)OC3)CC[C@]12O. The predicted molar refractivity (Wildman–Crippen MR) is 253 cm³/mol. The number of unbranched alkanes of at least 4 members (excludes halogenated alkanes) is 4. The number of hydrogen-bond acceptors (Lipinski definition) is 17. The van der Waals surface area contributed by atoms with E-state index in [9.17, 15) is 34.8 Å². The van der Waals surface area contributed by atoms with Crippen LogP contribution < -0.4 is 11.1 Å². The number of aliphatic imine (C=N–C) groups is 2. The molecule has 0 radical (unpaired) electrons. The second kappa shape index (κ2) is 21.5. The van der Waals surface area contributed by atoms with E-state index < -0.39 is 53.7 Å². The molecule has 1 saturated heterocycles. The van der Waals surface area contributed by atoms with Crippen LogP contribution in [0.5, 0.6) is 0 Å². The third-order valence-electron chi connectivity index (χ3n) is 16.7. The number of carbonyl (C=O) groups excluding carboxylic acids is 2. The number of nitrogens with two attached hydrogens (primary N) is 1. The molecule has 374 valence electrons. The first-order valence-corrected chi connectivity index (χ1v) is 25.8. The van der Waals surface area contributed by atoms with Gasteiger partial charge >= 0.3 is 18.0 Å². The van der Waals surface area contributed by atoms with E-state index in [0.29, 0.717) is 66.8 Å². The summed E-state index contributed by atoms with van der Waals surface area (Å²) in [6.45, 7) is 5.87. The van der Waals surface area contributed by atoms with E-state index >= 15 is 0 Å². The van der Waals surface area contributed by atoms with Gasteiger partial charge in [-0.15, -0.1) is 0 Å². The van der Waals surface area contributed by atoms with Gasteiger partial charge in [0, 0.05) is 36.5 Å². The first-order chi connectivity index (χ1) is 32.7. The van der Waals surface area contributed by atoms with Gasteiger partial charge in [-0.1, -0.05) is 13.8 Å². The van der Waals surface area contributed by atoms with Crippen LogP contribution in [0.15, 0.2) is 34.3 Å². The summed E-state index contributed by atoms with van der Waals surface area (Å²) in [7, 11) is 0. The lowest BCUT2D eigenvalue weighted by atomic mass is 9.42. The average molecular weight is 967 g/mol. The molecule has 0 bridgehead atoms. The number of alkyl carbamates (subject to hydrolysis) is 1. The number of thioether (sulfide) groups is 1. The molecule has 0 spiro atoms. The number of fused-ring (bicyclic) bond motifs is 6. The molecule has 1 amide bonds. The van der Waals surface area contributed by atoms with E-state index in [4.69, 9.17) is 25.1 Å². The maximum Gasteiger partial charge on any atom is 0.407 e. The van der Waals surface area contributed by atoms with Crippen LogP contribution in [0, 0.1) is 34.5 Å². The summed E-state index contributed by atoms with van der Waals surface area (Å²) < 4.78 is 18.7. The van der Waals surface area contributed by atoms with E-state index in [-0.39, 0.29) is 54.4 Å². The lowest BCUT2D eigenvalue weighted by Crippen LogP contribution is -2.67. The smallest absolute Gasteiger partial charge is 0.407 e.